The third-order valence-electron chi connectivity index (χ3n) is 5.38. The fourth-order valence-electron chi connectivity index (χ4n) is 3.60. The van der Waals surface area contributed by atoms with Crippen molar-refractivity contribution in [3.63, 3.8) is 0 Å². The number of nitro benzene ring substituents is 2. The summed E-state index contributed by atoms with van der Waals surface area (Å²) in [5.74, 6) is -0.111. The summed E-state index contributed by atoms with van der Waals surface area (Å²) in [5, 5.41) is 22.3. The summed E-state index contributed by atoms with van der Waals surface area (Å²) >= 11 is 0. The molecule has 0 saturated heterocycles. The normalized spacial score (nSPS) is 13.8. The number of aliphatic imine (C=N–C) groups is 1. The van der Waals surface area contributed by atoms with Crippen molar-refractivity contribution >= 4 is 29.3 Å². The molecule has 0 aliphatic carbocycles. The summed E-state index contributed by atoms with van der Waals surface area (Å²) in [4.78, 5) is 38.1. The van der Waals surface area contributed by atoms with Gasteiger partial charge in [0.05, 0.1) is 17.0 Å². The smallest absolute Gasteiger partial charge is 0.363 e. The number of esters is 1. The van der Waals surface area contributed by atoms with Crippen LogP contribution in [0.3, 0.4) is 0 Å². The topological polar surface area (TPSA) is 143 Å². The number of rotatable bonds is 8. The van der Waals surface area contributed by atoms with Gasteiger partial charge >= 0.3 is 5.97 Å². The van der Waals surface area contributed by atoms with Crippen LogP contribution in [0.15, 0.2) is 71.4 Å². The largest absolute Gasteiger partial charge is 0.493 e. The number of carbonyl (C=O) groups excluding carboxylic acids is 1. The van der Waals surface area contributed by atoms with Gasteiger partial charge < -0.3 is 14.2 Å². The minimum Gasteiger partial charge on any atom is -0.493 e. The highest BCUT2D eigenvalue weighted by Crippen LogP contribution is 2.35. The first kappa shape index (κ1) is 24.1. The standard InChI is InChI=1S/C25H19N3O8/c1-15-19(9-5-10-21(15)28(32)33)24-26-20(25(29)36-24)13-17-7-4-11-22(34-2)23(17)35-14-16-6-3-8-18(12-16)27(30)31/h3-13H,14H2,1-2H3/b20-13-. The van der Waals surface area contributed by atoms with Crippen LogP contribution in [0, 0.1) is 27.2 Å². The Morgan fingerprint density at radius 3 is 2.50 bits per heavy atom. The summed E-state index contributed by atoms with van der Waals surface area (Å²) in [6, 6.07) is 15.5. The predicted octanol–water partition coefficient (Wildman–Crippen LogP) is 4.74. The van der Waals surface area contributed by atoms with Gasteiger partial charge in [-0.05, 0) is 30.7 Å². The minimum absolute atomic E-state index is 0.00404. The Balaban J connectivity index is 1.67. The van der Waals surface area contributed by atoms with Crippen LogP contribution in [0.1, 0.15) is 22.3 Å². The molecule has 3 aromatic rings. The third-order valence-corrected chi connectivity index (χ3v) is 5.38. The fraction of sp³-hybridized carbons (Fsp3) is 0.120. The maximum atomic E-state index is 12.6. The summed E-state index contributed by atoms with van der Waals surface area (Å²) in [6.45, 7) is 1.55. The average Bonchev–Trinajstić information content (AvgIpc) is 3.22. The lowest BCUT2D eigenvalue weighted by molar-refractivity contribution is -0.385. The van der Waals surface area contributed by atoms with Crippen molar-refractivity contribution in [3.05, 3.63) is 109 Å². The van der Waals surface area contributed by atoms with E-state index >= 15 is 0 Å². The highest BCUT2D eigenvalue weighted by Gasteiger charge is 2.28. The number of hydrogen-bond acceptors (Lipinski definition) is 9. The number of nitrogens with zero attached hydrogens (tertiary/aromatic N) is 3. The van der Waals surface area contributed by atoms with Crippen molar-refractivity contribution in [3.8, 4) is 11.5 Å². The quantitative estimate of drug-likeness (QED) is 0.191. The van der Waals surface area contributed by atoms with Crippen molar-refractivity contribution in [2.24, 2.45) is 4.99 Å². The number of cyclic esters (lactones) is 1. The molecule has 4 rings (SSSR count). The lowest BCUT2D eigenvalue weighted by Crippen LogP contribution is -2.08. The van der Waals surface area contributed by atoms with Crippen LogP contribution < -0.4 is 9.47 Å². The van der Waals surface area contributed by atoms with Gasteiger partial charge in [-0.25, -0.2) is 9.79 Å². The Morgan fingerprint density at radius 2 is 1.78 bits per heavy atom. The van der Waals surface area contributed by atoms with Crippen LogP contribution in [0.25, 0.3) is 6.08 Å². The highest BCUT2D eigenvalue weighted by atomic mass is 16.6. The number of hydrogen-bond donors (Lipinski definition) is 0. The Morgan fingerprint density at radius 1 is 1.03 bits per heavy atom. The van der Waals surface area contributed by atoms with Crippen molar-refractivity contribution in [1.82, 2.24) is 0 Å². The van der Waals surface area contributed by atoms with Crippen LogP contribution in [-0.2, 0) is 16.1 Å². The molecule has 1 aliphatic rings. The van der Waals surface area contributed by atoms with E-state index in [2.05, 4.69) is 4.99 Å². The van der Waals surface area contributed by atoms with E-state index in [4.69, 9.17) is 14.2 Å². The number of non-ortho nitro benzene ring substituents is 1. The van der Waals surface area contributed by atoms with Gasteiger partial charge in [-0.3, -0.25) is 20.2 Å². The highest BCUT2D eigenvalue weighted by molar-refractivity contribution is 6.13. The SMILES string of the molecule is COc1cccc(/C=C2\N=C(c3cccc([N+](=O)[O-])c3C)OC2=O)c1OCc1cccc([N+](=O)[O-])c1. The van der Waals surface area contributed by atoms with E-state index < -0.39 is 15.8 Å². The number of para-hydroxylation sites is 1. The molecule has 3 aromatic carbocycles. The third kappa shape index (κ3) is 4.89. The minimum atomic E-state index is -0.733. The first-order valence-corrected chi connectivity index (χ1v) is 10.6. The van der Waals surface area contributed by atoms with Crippen LogP contribution in [0.4, 0.5) is 11.4 Å². The van der Waals surface area contributed by atoms with E-state index in [0.717, 1.165) is 0 Å². The zero-order valence-corrected chi connectivity index (χ0v) is 19.2. The Bertz CT molecular complexity index is 1440. The number of benzene rings is 3. The Kier molecular flexibility index (Phi) is 6.72. The van der Waals surface area contributed by atoms with E-state index in [1.807, 2.05) is 0 Å². The summed E-state index contributed by atoms with van der Waals surface area (Å²) in [7, 11) is 1.46. The van der Waals surface area contributed by atoms with E-state index in [9.17, 15) is 25.0 Å². The monoisotopic (exact) mass is 489 g/mol. The van der Waals surface area contributed by atoms with Gasteiger partial charge in [0.2, 0.25) is 5.90 Å². The molecule has 0 N–H and O–H groups in total. The maximum absolute atomic E-state index is 12.6. The van der Waals surface area contributed by atoms with E-state index in [1.54, 1.807) is 43.3 Å². The number of methoxy groups -OCH3 is 1. The van der Waals surface area contributed by atoms with Crippen molar-refractivity contribution in [1.29, 1.82) is 0 Å². The molecule has 11 heteroatoms. The molecular weight excluding hydrogens is 470 g/mol. The van der Waals surface area contributed by atoms with Gasteiger partial charge in [-0.1, -0.05) is 30.3 Å². The van der Waals surface area contributed by atoms with E-state index in [1.165, 1.54) is 37.5 Å². The van der Waals surface area contributed by atoms with Crippen LogP contribution >= 0.6 is 0 Å². The summed E-state index contributed by atoms with van der Waals surface area (Å²) < 4.78 is 16.6. The van der Waals surface area contributed by atoms with Crippen molar-refractivity contribution < 1.29 is 28.9 Å². The molecule has 11 nitrogen and oxygen atoms in total. The van der Waals surface area contributed by atoms with E-state index in [-0.39, 0.29) is 29.6 Å². The van der Waals surface area contributed by atoms with Crippen molar-refractivity contribution in [2.75, 3.05) is 7.11 Å². The first-order valence-electron chi connectivity index (χ1n) is 10.6. The molecule has 0 bridgehead atoms. The van der Waals surface area contributed by atoms with Gasteiger partial charge in [0.1, 0.15) is 6.61 Å². The second-order valence-corrected chi connectivity index (χ2v) is 7.64. The van der Waals surface area contributed by atoms with Crippen LogP contribution in [0.5, 0.6) is 11.5 Å². The molecule has 0 aromatic heterocycles. The molecule has 1 heterocycles. The maximum Gasteiger partial charge on any atom is 0.363 e. The second-order valence-electron chi connectivity index (χ2n) is 7.64. The molecule has 0 spiro atoms. The molecule has 0 saturated carbocycles. The molecule has 1 aliphatic heterocycles. The predicted molar refractivity (Wildman–Crippen MR) is 129 cm³/mol. The molecule has 0 amide bonds. The first-order chi connectivity index (χ1) is 17.3. The molecule has 0 unspecified atom stereocenters. The van der Waals surface area contributed by atoms with Gasteiger partial charge in [-0.2, -0.15) is 0 Å². The second kappa shape index (κ2) is 10.1. The van der Waals surface area contributed by atoms with Crippen molar-refractivity contribution in [2.45, 2.75) is 13.5 Å². The zero-order chi connectivity index (χ0) is 25.8. The molecule has 0 radical (unpaired) electrons. The zero-order valence-electron chi connectivity index (χ0n) is 19.2. The van der Waals surface area contributed by atoms with E-state index in [0.29, 0.717) is 33.8 Å². The fourth-order valence-corrected chi connectivity index (χ4v) is 3.60. The van der Waals surface area contributed by atoms with Crippen LogP contribution in [0.2, 0.25) is 0 Å². The summed E-state index contributed by atoms with van der Waals surface area (Å²) in [6.07, 6.45) is 1.45. The van der Waals surface area contributed by atoms with Gasteiger partial charge in [0.25, 0.3) is 11.4 Å². The Hall–Kier alpha value is -5.06. The molecule has 0 atom stereocenters. The molecule has 0 fully saturated rings. The van der Waals surface area contributed by atoms with Crippen LogP contribution in [-0.4, -0.2) is 28.8 Å². The number of ether oxygens (including phenoxy) is 3. The average molecular weight is 489 g/mol. The van der Waals surface area contributed by atoms with Gasteiger partial charge in [0.15, 0.2) is 17.2 Å². The van der Waals surface area contributed by atoms with Gasteiger partial charge in [0, 0.05) is 34.9 Å². The molecule has 36 heavy (non-hydrogen) atoms. The lowest BCUT2D eigenvalue weighted by Gasteiger charge is -2.13. The molecule has 182 valence electrons. The number of nitro groups is 2. The number of carbonyl (C=O) groups is 1. The summed E-state index contributed by atoms with van der Waals surface area (Å²) in [5.41, 5.74) is 1.44. The lowest BCUT2D eigenvalue weighted by atomic mass is 10.1. The Labute approximate surface area is 204 Å². The van der Waals surface area contributed by atoms with Gasteiger partial charge in [-0.15, -0.1) is 0 Å². The molecular formula is C25H19N3O8.